The first-order valence-electron chi connectivity index (χ1n) is 5.13. The second kappa shape index (κ2) is 4.20. The predicted octanol–water partition coefficient (Wildman–Crippen LogP) is 2.84. The zero-order chi connectivity index (χ0) is 11.7. The molecule has 1 heterocycles. The van der Waals surface area contributed by atoms with Crippen molar-refractivity contribution < 1.29 is 18.3 Å². The Morgan fingerprint density at radius 2 is 2.25 bits per heavy atom. The number of ketones is 1. The van der Waals surface area contributed by atoms with Gasteiger partial charge in [0.25, 0.3) is 0 Å². The summed E-state index contributed by atoms with van der Waals surface area (Å²) in [6, 6.07) is 5.18. The standard InChI is InChI=1S/C12H12F2O2/c1-7-2-3-9-10(4-7)16-6-8(12(9)15)5-11(13)14/h2-4,8,11H,5-6H2,1H3. The molecule has 1 unspecified atom stereocenters. The van der Waals surface area contributed by atoms with Crippen LogP contribution in [0.3, 0.4) is 0 Å². The highest BCUT2D eigenvalue weighted by molar-refractivity contribution is 6.01. The molecule has 0 aliphatic carbocycles. The van der Waals surface area contributed by atoms with E-state index >= 15 is 0 Å². The molecular formula is C12H12F2O2. The molecule has 0 saturated carbocycles. The summed E-state index contributed by atoms with van der Waals surface area (Å²) in [5.41, 5.74) is 1.40. The SMILES string of the molecule is Cc1ccc2c(c1)OCC(CC(F)F)C2=O. The Morgan fingerprint density at radius 1 is 1.50 bits per heavy atom. The smallest absolute Gasteiger partial charge is 0.239 e. The van der Waals surface area contributed by atoms with E-state index in [9.17, 15) is 13.6 Å². The van der Waals surface area contributed by atoms with E-state index in [4.69, 9.17) is 4.74 Å². The van der Waals surface area contributed by atoms with Crippen LogP contribution in [0.1, 0.15) is 22.3 Å². The molecule has 0 amide bonds. The minimum Gasteiger partial charge on any atom is -0.492 e. The first kappa shape index (κ1) is 11.0. The lowest BCUT2D eigenvalue weighted by Crippen LogP contribution is -2.29. The van der Waals surface area contributed by atoms with Gasteiger partial charge in [-0.15, -0.1) is 0 Å². The molecule has 0 fully saturated rings. The Kier molecular flexibility index (Phi) is 2.90. The highest BCUT2D eigenvalue weighted by Crippen LogP contribution is 2.30. The molecule has 1 aliphatic heterocycles. The quantitative estimate of drug-likeness (QED) is 0.775. The second-order valence-electron chi connectivity index (χ2n) is 4.00. The van der Waals surface area contributed by atoms with Crippen molar-refractivity contribution in [2.45, 2.75) is 19.8 Å². The molecule has 1 aromatic rings. The number of rotatable bonds is 2. The molecule has 2 nitrogen and oxygen atoms in total. The minimum atomic E-state index is -2.47. The van der Waals surface area contributed by atoms with Crippen LogP contribution in [0, 0.1) is 12.8 Å². The Hall–Kier alpha value is -1.45. The van der Waals surface area contributed by atoms with Crippen molar-refractivity contribution in [2.24, 2.45) is 5.92 Å². The summed E-state index contributed by atoms with van der Waals surface area (Å²) in [6.07, 6.45) is -2.89. The van der Waals surface area contributed by atoms with E-state index in [2.05, 4.69) is 0 Å². The number of benzene rings is 1. The molecule has 0 saturated heterocycles. The van der Waals surface area contributed by atoms with Crippen molar-refractivity contribution in [3.63, 3.8) is 0 Å². The lowest BCUT2D eigenvalue weighted by molar-refractivity contribution is 0.0639. The Morgan fingerprint density at radius 3 is 2.94 bits per heavy atom. The molecular weight excluding hydrogens is 214 g/mol. The summed E-state index contributed by atoms with van der Waals surface area (Å²) < 4.78 is 29.8. The molecule has 1 atom stereocenters. The van der Waals surface area contributed by atoms with Crippen LogP contribution < -0.4 is 4.74 Å². The number of halogens is 2. The average molecular weight is 226 g/mol. The van der Waals surface area contributed by atoms with E-state index in [0.29, 0.717) is 11.3 Å². The van der Waals surface area contributed by atoms with Crippen molar-refractivity contribution in [3.8, 4) is 5.75 Å². The fourth-order valence-corrected chi connectivity index (χ4v) is 1.83. The maximum absolute atomic E-state index is 12.2. The molecule has 1 aliphatic rings. The molecule has 4 heteroatoms. The maximum Gasteiger partial charge on any atom is 0.239 e. The van der Waals surface area contributed by atoms with Gasteiger partial charge in [-0.2, -0.15) is 0 Å². The summed E-state index contributed by atoms with van der Waals surface area (Å²) in [4.78, 5) is 11.9. The van der Waals surface area contributed by atoms with Gasteiger partial charge in [-0.05, 0) is 24.6 Å². The first-order chi connectivity index (χ1) is 7.58. The summed E-state index contributed by atoms with van der Waals surface area (Å²) >= 11 is 0. The average Bonchev–Trinajstić information content (AvgIpc) is 2.22. The van der Waals surface area contributed by atoms with Crippen LogP contribution in [0.5, 0.6) is 5.75 Å². The topological polar surface area (TPSA) is 26.3 Å². The first-order valence-corrected chi connectivity index (χ1v) is 5.13. The van der Waals surface area contributed by atoms with Crippen LogP contribution in [0.2, 0.25) is 0 Å². The normalized spacial score (nSPS) is 19.5. The Labute approximate surface area is 92.2 Å². The van der Waals surface area contributed by atoms with Crippen molar-refractivity contribution >= 4 is 5.78 Å². The van der Waals surface area contributed by atoms with Crippen molar-refractivity contribution in [2.75, 3.05) is 6.61 Å². The fraction of sp³-hybridized carbons (Fsp3) is 0.417. The highest BCUT2D eigenvalue weighted by Gasteiger charge is 2.30. The number of carbonyl (C=O) groups excluding carboxylic acids is 1. The molecule has 0 spiro atoms. The molecule has 0 radical (unpaired) electrons. The van der Waals surface area contributed by atoms with Gasteiger partial charge in [0, 0.05) is 6.42 Å². The molecule has 86 valence electrons. The number of hydrogen-bond donors (Lipinski definition) is 0. The van der Waals surface area contributed by atoms with Gasteiger partial charge in [-0.1, -0.05) is 6.07 Å². The van der Waals surface area contributed by atoms with E-state index in [-0.39, 0.29) is 12.4 Å². The molecule has 2 rings (SSSR count). The number of hydrogen-bond acceptors (Lipinski definition) is 2. The zero-order valence-electron chi connectivity index (χ0n) is 8.87. The van der Waals surface area contributed by atoms with Gasteiger partial charge in [-0.3, -0.25) is 4.79 Å². The van der Waals surface area contributed by atoms with Crippen LogP contribution in [0.4, 0.5) is 8.78 Å². The van der Waals surface area contributed by atoms with E-state index in [1.54, 1.807) is 18.2 Å². The van der Waals surface area contributed by atoms with Crippen molar-refractivity contribution in [1.29, 1.82) is 0 Å². The molecule has 0 bridgehead atoms. The maximum atomic E-state index is 12.2. The Balaban J connectivity index is 2.25. The third-order valence-corrected chi connectivity index (χ3v) is 2.68. The number of fused-ring (bicyclic) bond motifs is 1. The van der Waals surface area contributed by atoms with Crippen LogP contribution in [0.25, 0.3) is 0 Å². The Bertz CT molecular complexity index is 415. The zero-order valence-corrected chi connectivity index (χ0v) is 8.87. The largest absolute Gasteiger partial charge is 0.492 e. The number of aryl methyl sites for hydroxylation is 1. The van der Waals surface area contributed by atoms with Gasteiger partial charge in [0.15, 0.2) is 5.78 Å². The van der Waals surface area contributed by atoms with Crippen LogP contribution in [-0.4, -0.2) is 18.8 Å². The number of ether oxygens (including phenoxy) is 1. The highest BCUT2D eigenvalue weighted by atomic mass is 19.3. The number of alkyl halides is 2. The van der Waals surface area contributed by atoms with E-state index in [1.807, 2.05) is 6.92 Å². The number of carbonyl (C=O) groups is 1. The predicted molar refractivity (Wildman–Crippen MR) is 55.1 cm³/mol. The third-order valence-electron chi connectivity index (χ3n) is 2.68. The summed E-state index contributed by atoms with van der Waals surface area (Å²) in [6.45, 7) is 1.94. The second-order valence-corrected chi connectivity index (χ2v) is 4.00. The van der Waals surface area contributed by atoms with Gasteiger partial charge >= 0.3 is 0 Å². The lowest BCUT2D eigenvalue weighted by atomic mass is 9.92. The van der Waals surface area contributed by atoms with Gasteiger partial charge in [0.1, 0.15) is 5.75 Å². The van der Waals surface area contributed by atoms with Crippen LogP contribution >= 0.6 is 0 Å². The van der Waals surface area contributed by atoms with Crippen LogP contribution in [-0.2, 0) is 0 Å². The molecule has 0 N–H and O–H groups in total. The van der Waals surface area contributed by atoms with Gasteiger partial charge < -0.3 is 4.74 Å². The van der Waals surface area contributed by atoms with Gasteiger partial charge in [-0.25, -0.2) is 8.78 Å². The monoisotopic (exact) mass is 226 g/mol. The third kappa shape index (κ3) is 2.05. The summed E-state index contributed by atoms with van der Waals surface area (Å²) in [7, 11) is 0. The van der Waals surface area contributed by atoms with Crippen LogP contribution in [0.15, 0.2) is 18.2 Å². The number of Topliss-reactive ketones (excluding diaryl/α,β-unsaturated/α-hetero) is 1. The lowest BCUT2D eigenvalue weighted by Gasteiger charge is -2.24. The summed E-state index contributed by atoms with van der Waals surface area (Å²) in [5, 5.41) is 0. The molecule has 1 aromatic carbocycles. The summed E-state index contributed by atoms with van der Waals surface area (Å²) in [5.74, 6) is -0.438. The van der Waals surface area contributed by atoms with E-state index in [1.165, 1.54) is 0 Å². The van der Waals surface area contributed by atoms with Crippen molar-refractivity contribution in [3.05, 3.63) is 29.3 Å². The van der Waals surface area contributed by atoms with E-state index in [0.717, 1.165) is 5.56 Å². The van der Waals surface area contributed by atoms with Crippen molar-refractivity contribution in [1.82, 2.24) is 0 Å². The molecule has 16 heavy (non-hydrogen) atoms. The van der Waals surface area contributed by atoms with Gasteiger partial charge in [0.05, 0.1) is 18.1 Å². The minimum absolute atomic E-state index is 0.0552. The molecule has 0 aromatic heterocycles. The fourth-order valence-electron chi connectivity index (χ4n) is 1.83. The van der Waals surface area contributed by atoms with E-state index < -0.39 is 18.8 Å². The van der Waals surface area contributed by atoms with Gasteiger partial charge in [0.2, 0.25) is 6.43 Å².